The van der Waals surface area contributed by atoms with Gasteiger partial charge in [-0.25, -0.2) is 4.39 Å². The molecule has 152 valence electrons. The lowest BCUT2D eigenvalue weighted by Crippen LogP contribution is -2.32. The predicted octanol–water partition coefficient (Wildman–Crippen LogP) is 4.00. The van der Waals surface area contributed by atoms with Crippen molar-refractivity contribution < 1.29 is 13.7 Å². The van der Waals surface area contributed by atoms with Crippen LogP contribution in [0.15, 0.2) is 52.4 Å². The second-order valence-electron chi connectivity index (χ2n) is 7.25. The molecule has 0 bridgehead atoms. The molecule has 0 aliphatic carbocycles. The van der Waals surface area contributed by atoms with Crippen LogP contribution in [-0.2, 0) is 0 Å². The Morgan fingerprint density at radius 2 is 2.14 bits per heavy atom. The Balaban J connectivity index is 1.23. The molecule has 6 nitrogen and oxygen atoms in total. The Morgan fingerprint density at radius 1 is 1.31 bits per heavy atom. The van der Waals surface area contributed by atoms with E-state index in [0.717, 1.165) is 29.7 Å². The molecule has 1 fully saturated rings. The first-order chi connectivity index (χ1) is 14.1. The van der Waals surface area contributed by atoms with Gasteiger partial charge in [-0.2, -0.15) is 0 Å². The molecule has 0 radical (unpaired) electrons. The number of nitrogens with one attached hydrogen (secondary N) is 2. The van der Waals surface area contributed by atoms with Gasteiger partial charge in [0.25, 0.3) is 5.91 Å². The number of benzene rings is 1. The summed E-state index contributed by atoms with van der Waals surface area (Å²) in [6, 6.07) is 12.6. The van der Waals surface area contributed by atoms with Crippen LogP contribution in [-0.4, -0.2) is 35.6 Å². The Morgan fingerprint density at radius 3 is 2.90 bits per heavy atom. The van der Waals surface area contributed by atoms with E-state index in [0.29, 0.717) is 24.0 Å². The summed E-state index contributed by atoms with van der Waals surface area (Å²) in [5.74, 6) is 0.252. The first-order valence-corrected chi connectivity index (χ1v) is 10.5. The van der Waals surface area contributed by atoms with Crippen LogP contribution < -0.4 is 10.9 Å². The number of nitrogens with zero attached hydrogens (tertiary/aromatic N) is 2. The fourth-order valence-electron chi connectivity index (χ4n) is 3.51. The summed E-state index contributed by atoms with van der Waals surface area (Å²) < 4.78 is 18.4. The van der Waals surface area contributed by atoms with Crippen molar-refractivity contribution >= 4 is 17.2 Å². The standard InChI is InChI=1S/C21H23FN4O2S/c1-26(21(27)18-13-19(28-25-18)20-5-3-11-29-20)10-2-4-16-12-17(24-23-16)14-6-8-15(22)9-7-14/h3,5-9,11,13,16-17,23-24H,2,4,10,12H2,1H3. The fourth-order valence-corrected chi connectivity index (χ4v) is 4.18. The highest BCUT2D eigenvalue weighted by Gasteiger charge is 2.25. The SMILES string of the molecule is CN(CCCC1CC(c2ccc(F)cc2)NN1)C(=O)c1cc(-c2cccs2)on1. The van der Waals surface area contributed by atoms with Gasteiger partial charge in [-0.1, -0.05) is 23.4 Å². The topological polar surface area (TPSA) is 70.4 Å². The third-order valence-electron chi connectivity index (χ3n) is 5.14. The molecule has 3 heterocycles. The number of thiophene rings is 1. The fraction of sp³-hybridized carbons (Fsp3) is 0.333. The maximum Gasteiger partial charge on any atom is 0.275 e. The van der Waals surface area contributed by atoms with Crippen LogP contribution in [0.1, 0.15) is 41.4 Å². The summed E-state index contributed by atoms with van der Waals surface area (Å²) >= 11 is 1.55. The number of carbonyl (C=O) groups is 1. The molecule has 3 aromatic rings. The third kappa shape index (κ3) is 4.72. The number of hydrogen-bond donors (Lipinski definition) is 2. The van der Waals surface area contributed by atoms with E-state index in [1.54, 1.807) is 29.4 Å². The molecule has 4 rings (SSSR count). The number of hydrazine groups is 1. The average molecular weight is 415 g/mol. The van der Waals surface area contributed by atoms with E-state index in [4.69, 9.17) is 4.52 Å². The van der Waals surface area contributed by atoms with Crippen molar-refractivity contribution in [2.75, 3.05) is 13.6 Å². The predicted molar refractivity (Wildman–Crippen MR) is 110 cm³/mol. The number of hydrogen-bond acceptors (Lipinski definition) is 6. The molecule has 0 saturated carbocycles. The molecule has 0 spiro atoms. The van der Waals surface area contributed by atoms with Crippen LogP contribution in [0.4, 0.5) is 4.39 Å². The summed E-state index contributed by atoms with van der Waals surface area (Å²) in [5, 5.41) is 5.88. The molecule has 8 heteroatoms. The van der Waals surface area contributed by atoms with Crippen molar-refractivity contribution in [2.24, 2.45) is 0 Å². The van der Waals surface area contributed by atoms with E-state index in [9.17, 15) is 9.18 Å². The van der Waals surface area contributed by atoms with Crippen molar-refractivity contribution in [3.63, 3.8) is 0 Å². The molecule has 1 aromatic carbocycles. The lowest BCUT2D eigenvalue weighted by Gasteiger charge is -2.17. The van der Waals surface area contributed by atoms with Gasteiger partial charge in [-0.3, -0.25) is 15.6 Å². The van der Waals surface area contributed by atoms with Crippen LogP contribution in [0.2, 0.25) is 0 Å². The zero-order valence-electron chi connectivity index (χ0n) is 16.1. The zero-order valence-corrected chi connectivity index (χ0v) is 16.9. The molecule has 2 N–H and O–H groups in total. The van der Waals surface area contributed by atoms with Gasteiger partial charge in [0.05, 0.1) is 4.88 Å². The molecule has 1 saturated heterocycles. The quantitative estimate of drug-likeness (QED) is 0.612. The van der Waals surface area contributed by atoms with Gasteiger partial charge in [0, 0.05) is 31.7 Å². The van der Waals surface area contributed by atoms with Crippen LogP contribution >= 0.6 is 11.3 Å². The van der Waals surface area contributed by atoms with Crippen LogP contribution in [0.25, 0.3) is 10.6 Å². The summed E-state index contributed by atoms with van der Waals surface area (Å²) in [4.78, 5) is 15.2. The van der Waals surface area contributed by atoms with Gasteiger partial charge in [-0.05, 0) is 48.4 Å². The first kappa shape index (κ1) is 19.8. The van der Waals surface area contributed by atoms with Crippen molar-refractivity contribution in [2.45, 2.75) is 31.3 Å². The van der Waals surface area contributed by atoms with E-state index >= 15 is 0 Å². The molecule has 1 aliphatic rings. The highest BCUT2D eigenvalue weighted by Crippen LogP contribution is 2.26. The highest BCUT2D eigenvalue weighted by atomic mass is 32.1. The Kier molecular flexibility index (Phi) is 6.03. The van der Waals surface area contributed by atoms with Gasteiger partial charge < -0.3 is 9.42 Å². The van der Waals surface area contributed by atoms with Crippen molar-refractivity contribution in [1.82, 2.24) is 20.9 Å². The van der Waals surface area contributed by atoms with Crippen LogP contribution in [0.5, 0.6) is 0 Å². The van der Waals surface area contributed by atoms with Gasteiger partial charge in [0.15, 0.2) is 11.5 Å². The maximum absolute atomic E-state index is 13.1. The Labute approximate surface area is 172 Å². The third-order valence-corrected chi connectivity index (χ3v) is 6.02. The monoisotopic (exact) mass is 414 g/mol. The number of rotatable bonds is 7. The molecule has 1 aliphatic heterocycles. The zero-order chi connectivity index (χ0) is 20.2. The summed E-state index contributed by atoms with van der Waals surface area (Å²) in [5.41, 5.74) is 7.97. The molecule has 1 amide bonds. The molecule has 2 unspecified atom stereocenters. The maximum atomic E-state index is 13.1. The van der Waals surface area contributed by atoms with E-state index < -0.39 is 0 Å². The molecular formula is C21H23FN4O2S. The van der Waals surface area contributed by atoms with Gasteiger partial charge >= 0.3 is 0 Å². The van der Waals surface area contributed by atoms with Gasteiger partial charge in [-0.15, -0.1) is 11.3 Å². The van der Waals surface area contributed by atoms with E-state index in [2.05, 4.69) is 16.0 Å². The summed E-state index contributed by atoms with van der Waals surface area (Å²) in [6.45, 7) is 0.638. The van der Waals surface area contributed by atoms with E-state index in [1.807, 2.05) is 29.6 Å². The highest BCUT2D eigenvalue weighted by molar-refractivity contribution is 7.13. The number of amides is 1. The molecule has 2 aromatic heterocycles. The van der Waals surface area contributed by atoms with Crippen LogP contribution in [0, 0.1) is 5.82 Å². The largest absolute Gasteiger partial charge is 0.355 e. The van der Waals surface area contributed by atoms with E-state index in [-0.39, 0.29) is 17.8 Å². The number of aromatic nitrogens is 1. The summed E-state index contributed by atoms with van der Waals surface area (Å²) in [7, 11) is 1.78. The van der Waals surface area contributed by atoms with Crippen molar-refractivity contribution in [3.05, 3.63) is 64.9 Å². The minimum atomic E-state index is -0.224. The average Bonchev–Trinajstić information content (AvgIpc) is 3.48. The Hall–Kier alpha value is -2.55. The normalized spacial score (nSPS) is 18.8. The lowest BCUT2D eigenvalue weighted by atomic mass is 9.99. The number of carbonyl (C=O) groups excluding carboxylic acids is 1. The second kappa shape index (κ2) is 8.86. The van der Waals surface area contributed by atoms with Crippen molar-refractivity contribution in [3.8, 4) is 10.6 Å². The number of halogens is 1. The minimum absolute atomic E-state index is 0.141. The van der Waals surface area contributed by atoms with Crippen LogP contribution in [0.3, 0.4) is 0 Å². The second-order valence-corrected chi connectivity index (χ2v) is 8.20. The van der Waals surface area contributed by atoms with Gasteiger partial charge in [0.1, 0.15) is 5.82 Å². The van der Waals surface area contributed by atoms with Crippen molar-refractivity contribution in [1.29, 1.82) is 0 Å². The Bertz CT molecular complexity index is 942. The van der Waals surface area contributed by atoms with Gasteiger partial charge in [0.2, 0.25) is 0 Å². The molecule has 29 heavy (non-hydrogen) atoms. The lowest BCUT2D eigenvalue weighted by molar-refractivity contribution is 0.0781. The summed E-state index contributed by atoms with van der Waals surface area (Å²) in [6.07, 6.45) is 2.73. The first-order valence-electron chi connectivity index (χ1n) is 9.63. The minimum Gasteiger partial charge on any atom is -0.355 e. The van der Waals surface area contributed by atoms with E-state index in [1.165, 1.54) is 12.1 Å². The smallest absolute Gasteiger partial charge is 0.275 e. The molecular weight excluding hydrogens is 391 g/mol. The molecule has 2 atom stereocenters.